The number of anilines is 1. The van der Waals surface area contributed by atoms with Gasteiger partial charge in [0.2, 0.25) is 0 Å². The van der Waals surface area contributed by atoms with Crippen LogP contribution in [0.5, 0.6) is 0 Å². The Morgan fingerprint density at radius 2 is 1.38 bits per heavy atom. The number of hydrazone groups is 1. The molecule has 0 bridgehead atoms. The Balaban J connectivity index is 1.73. The standard InChI is InChI=1S/C21H17FN2/c22-20-12-14-21(15-13-20)24-23-16-19-9-5-4-8-18(19)11-10-17-6-2-1-3-7-17/h1-16,24H/b11-10+,23-16+. The maximum absolute atomic E-state index is 12.9. The van der Waals surface area contributed by atoms with E-state index in [0.717, 1.165) is 22.4 Å². The van der Waals surface area contributed by atoms with Crippen LogP contribution in [-0.4, -0.2) is 6.21 Å². The van der Waals surface area contributed by atoms with Crippen molar-refractivity contribution in [2.24, 2.45) is 5.10 Å². The van der Waals surface area contributed by atoms with Crippen LogP contribution >= 0.6 is 0 Å². The zero-order valence-electron chi connectivity index (χ0n) is 13.1. The van der Waals surface area contributed by atoms with Gasteiger partial charge in [-0.1, -0.05) is 66.7 Å². The Labute approximate surface area is 141 Å². The van der Waals surface area contributed by atoms with Crippen LogP contribution in [0, 0.1) is 5.82 Å². The molecule has 0 saturated carbocycles. The highest BCUT2D eigenvalue weighted by Gasteiger charge is 1.96. The molecule has 0 fully saturated rings. The number of rotatable bonds is 5. The molecule has 0 aliphatic rings. The van der Waals surface area contributed by atoms with Gasteiger partial charge in [-0.15, -0.1) is 0 Å². The highest BCUT2D eigenvalue weighted by atomic mass is 19.1. The molecule has 0 heterocycles. The molecule has 3 heteroatoms. The van der Waals surface area contributed by atoms with Crippen LogP contribution in [-0.2, 0) is 0 Å². The lowest BCUT2D eigenvalue weighted by Gasteiger charge is -2.02. The van der Waals surface area contributed by atoms with Crippen molar-refractivity contribution in [3.05, 3.63) is 101 Å². The fraction of sp³-hybridized carbons (Fsp3) is 0. The lowest BCUT2D eigenvalue weighted by Crippen LogP contribution is -1.92. The second-order valence-corrected chi connectivity index (χ2v) is 5.25. The quantitative estimate of drug-likeness (QED) is 0.378. The van der Waals surface area contributed by atoms with Gasteiger partial charge in [0.25, 0.3) is 0 Å². The predicted octanol–water partition coefficient (Wildman–Crippen LogP) is 5.44. The molecule has 0 saturated heterocycles. The molecular formula is C21H17FN2. The second kappa shape index (κ2) is 7.88. The van der Waals surface area contributed by atoms with Gasteiger partial charge in [-0.05, 0) is 35.4 Å². The van der Waals surface area contributed by atoms with Gasteiger partial charge in [0.05, 0.1) is 11.9 Å². The first-order valence-electron chi connectivity index (χ1n) is 7.68. The van der Waals surface area contributed by atoms with Gasteiger partial charge in [0, 0.05) is 5.56 Å². The van der Waals surface area contributed by atoms with Crippen molar-refractivity contribution >= 4 is 24.1 Å². The second-order valence-electron chi connectivity index (χ2n) is 5.25. The summed E-state index contributed by atoms with van der Waals surface area (Å²) in [5.74, 6) is -0.263. The number of halogens is 1. The first-order chi connectivity index (χ1) is 11.8. The number of hydrogen-bond donors (Lipinski definition) is 1. The van der Waals surface area contributed by atoms with Gasteiger partial charge in [-0.25, -0.2) is 4.39 Å². The van der Waals surface area contributed by atoms with E-state index in [4.69, 9.17) is 0 Å². The molecule has 118 valence electrons. The molecule has 0 atom stereocenters. The van der Waals surface area contributed by atoms with Crippen LogP contribution in [0.25, 0.3) is 12.2 Å². The van der Waals surface area contributed by atoms with Crippen molar-refractivity contribution < 1.29 is 4.39 Å². The third kappa shape index (κ3) is 4.40. The zero-order valence-corrected chi connectivity index (χ0v) is 13.1. The smallest absolute Gasteiger partial charge is 0.123 e. The largest absolute Gasteiger partial charge is 0.279 e. The third-order valence-corrected chi connectivity index (χ3v) is 3.49. The lowest BCUT2D eigenvalue weighted by atomic mass is 10.1. The molecule has 24 heavy (non-hydrogen) atoms. The van der Waals surface area contributed by atoms with Crippen LogP contribution in [0.15, 0.2) is 84.0 Å². The molecule has 0 radical (unpaired) electrons. The third-order valence-electron chi connectivity index (χ3n) is 3.49. The van der Waals surface area contributed by atoms with Gasteiger partial charge in [0.15, 0.2) is 0 Å². The highest BCUT2D eigenvalue weighted by molar-refractivity contribution is 5.88. The van der Waals surface area contributed by atoms with Crippen LogP contribution in [0.3, 0.4) is 0 Å². The molecular weight excluding hydrogens is 299 g/mol. The first-order valence-corrected chi connectivity index (χ1v) is 7.68. The topological polar surface area (TPSA) is 24.4 Å². The summed E-state index contributed by atoms with van der Waals surface area (Å²) in [7, 11) is 0. The van der Waals surface area contributed by atoms with Crippen LogP contribution < -0.4 is 5.43 Å². The van der Waals surface area contributed by atoms with Crippen LogP contribution in [0.1, 0.15) is 16.7 Å². The predicted molar refractivity (Wildman–Crippen MR) is 99.4 cm³/mol. The van der Waals surface area contributed by atoms with E-state index in [2.05, 4.69) is 34.8 Å². The number of nitrogens with zero attached hydrogens (tertiary/aromatic N) is 1. The zero-order chi connectivity index (χ0) is 16.6. The summed E-state index contributed by atoms with van der Waals surface area (Å²) in [4.78, 5) is 0. The molecule has 0 unspecified atom stereocenters. The van der Waals surface area contributed by atoms with Gasteiger partial charge < -0.3 is 0 Å². The van der Waals surface area contributed by atoms with Gasteiger partial charge in [-0.3, -0.25) is 5.43 Å². The SMILES string of the molecule is Fc1ccc(N/N=C/c2ccccc2/C=C/c2ccccc2)cc1. The number of benzene rings is 3. The van der Waals surface area contributed by atoms with E-state index in [1.807, 2.05) is 42.5 Å². The van der Waals surface area contributed by atoms with Gasteiger partial charge in [-0.2, -0.15) is 5.10 Å². The Morgan fingerprint density at radius 1 is 0.708 bits per heavy atom. The molecule has 2 nitrogen and oxygen atoms in total. The van der Waals surface area contributed by atoms with Gasteiger partial charge in [0.1, 0.15) is 5.82 Å². The van der Waals surface area contributed by atoms with E-state index >= 15 is 0 Å². The maximum atomic E-state index is 12.9. The van der Waals surface area contributed by atoms with E-state index < -0.39 is 0 Å². The van der Waals surface area contributed by atoms with Crippen molar-refractivity contribution in [3.8, 4) is 0 Å². The minimum atomic E-state index is -0.263. The van der Waals surface area contributed by atoms with Crippen molar-refractivity contribution in [3.63, 3.8) is 0 Å². The minimum absolute atomic E-state index is 0.263. The number of nitrogens with one attached hydrogen (secondary N) is 1. The summed E-state index contributed by atoms with van der Waals surface area (Å²) in [6, 6.07) is 24.2. The van der Waals surface area contributed by atoms with E-state index in [0.29, 0.717) is 0 Å². The fourth-order valence-corrected chi connectivity index (χ4v) is 2.23. The normalized spacial score (nSPS) is 11.2. The summed E-state index contributed by atoms with van der Waals surface area (Å²) in [5, 5.41) is 4.23. The molecule has 1 N–H and O–H groups in total. The van der Waals surface area contributed by atoms with Crippen molar-refractivity contribution in [2.45, 2.75) is 0 Å². The summed E-state index contributed by atoms with van der Waals surface area (Å²) < 4.78 is 12.9. The van der Waals surface area contributed by atoms with E-state index in [9.17, 15) is 4.39 Å². The summed E-state index contributed by atoms with van der Waals surface area (Å²) >= 11 is 0. The monoisotopic (exact) mass is 316 g/mol. The molecule has 3 aromatic carbocycles. The van der Waals surface area contributed by atoms with E-state index in [1.165, 1.54) is 12.1 Å². The summed E-state index contributed by atoms with van der Waals surface area (Å²) in [6.45, 7) is 0. The average molecular weight is 316 g/mol. The molecule has 0 spiro atoms. The lowest BCUT2D eigenvalue weighted by molar-refractivity contribution is 0.628. The Kier molecular flexibility index (Phi) is 5.15. The van der Waals surface area contributed by atoms with E-state index in [1.54, 1.807) is 18.3 Å². The maximum Gasteiger partial charge on any atom is 0.123 e. The van der Waals surface area contributed by atoms with E-state index in [-0.39, 0.29) is 5.82 Å². The fourth-order valence-electron chi connectivity index (χ4n) is 2.23. The van der Waals surface area contributed by atoms with Crippen LogP contribution in [0.2, 0.25) is 0 Å². The van der Waals surface area contributed by atoms with Crippen molar-refractivity contribution in [2.75, 3.05) is 5.43 Å². The molecule has 0 aliphatic carbocycles. The molecule has 3 aromatic rings. The average Bonchev–Trinajstić information content (AvgIpc) is 2.63. The first kappa shape index (κ1) is 15.7. The highest BCUT2D eigenvalue weighted by Crippen LogP contribution is 2.12. The Hall–Kier alpha value is -3.20. The summed E-state index contributed by atoms with van der Waals surface area (Å²) in [6.07, 6.45) is 5.89. The molecule has 0 amide bonds. The van der Waals surface area contributed by atoms with Crippen molar-refractivity contribution in [1.29, 1.82) is 0 Å². The van der Waals surface area contributed by atoms with Crippen LogP contribution in [0.4, 0.5) is 10.1 Å². The molecule has 0 aliphatic heterocycles. The molecule has 3 rings (SSSR count). The van der Waals surface area contributed by atoms with Gasteiger partial charge >= 0.3 is 0 Å². The minimum Gasteiger partial charge on any atom is -0.279 e. The Morgan fingerprint density at radius 3 is 2.12 bits per heavy atom. The molecule has 0 aromatic heterocycles. The van der Waals surface area contributed by atoms with Crippen molar-refractivity contribution in [1.82, 2.24) is 0 Å². The Bertz CT molecular complexity index is 837. The number of hydrogen-bond acceptors (Lipinski definition) is 2. The summed E-state index contributed by atoms with van der Waals surface area (Å²) in [5.41, 5.74) is 6.86.